The molecule has 3 heterocycles. The lowest BCUT2D eigenvalue weighted by Gasteiger charge is -2.28. The van der Waals surface area contributed by atoms with Crippen molar-refractivity contribution in [2.75, 3.05) is 6.61 Å². The van der Waals surface area contributed by atoms with Crippen molar-refractivity contribution in [2.24, 2.45) is 0 Å². The topological polar surface area (TPSA) is 155 Å². The number of halogens is 2. The van der Waals surface area contributed by atoms with Gasteiger partial charge in [-0.3, -0.25) is 15.2 Å². The molecule has 1 fully saturated rings. The molecule has 0 bridgehead atoms. The van der Waals surface area contributed by atoms with E-state index in [9.17, 15) is 28.7 Å². The molecule has 1 aliphatic rings. The minimum absolute atomic E-state index is 0.0286. The third kappa shape index (κ3) is 10.3. The van der Waals surface area contributed by atoms with E-state index in [0.717, 1.165) is 23.5 Å². The SMILES string of the molecule is CC(C)(C)OC(=O)N(O)C(CCO)c1cncc(F)c1.CC(C)(C)OC(=O)N1OC(O)CC1c1cncc(F)c1. The second-order valence-corrected chi connectivity index (χ2v) is 10.8. The van der Waals surface area contributed by atoms with Gasteiger partial charge < -0.3 is 19.7 Å². The first-order valence-corrected chi connectivity index (χ1v) is 12.4. The molecule has 2 amide bonds. The largest absolute Gasteiger partial charge is 0.442 e. The second kappa shape index (κ2) is 13.7. The fraction of sp³-hybridized carbons (Fsp3) is 0.538. The number of pyridine rings is 2. The molecular formula is C26H36F2N4O8. The molecule has 0 spiro atoms. The summed E-state index contributed by atoms with van der Waals surface area (Å²) >= 11 is 0. The summed E-state index contributed by atoms with van der Waals surface area (Å²) < 4.78 is 36.6. The van der Waals surface area contributed by atoms with Crippen molar-refractivity contribution in [2.45, 2.75) is 84.0 Å². The molecule has 2 aromatic rings. The average molecular weight is 571 g/mol. The van der Waals surface area contributed by atoms with Gasteiger partial charge in [0.1, 0.15) is 22.8 Å². The van der Waals surface area contributed by atoms with Crippen LogP contribution in [0.25, 0.3) is 0 Å². The van der Waals surface area contributed by atoms with Gasteiger partial charge in [-0.05, 0) is 71.2 Å². The summed E-state index contributed by atoms with van der Waals surface area (Å²) in [5.41, 5.74) is -0.763. The van der Waals surface area contributed by atoms with Crippen LogP contribution in [-0.2, 0) is 14.3 Å². The Labute approximate surface area is 231 Å². The van der Waals surface area contributed by atoms with E-state index in [1.54, 1.807) is 41.5 Å². The number of aliphatic hydroxyl groups excluding tert-OH is 2. The smallest absolute Gasteiger partial charge is 0.435 e. The fourth-order valence-corrected chi connectivity index (χ4v) is 3.49. The molecule has 14 heteroatoms. The van der Waals surface area contributed by atoms with Crippen LogP contribution in [0.1, 0.15) is 77.6 Å². The Kier molecular flexibility index (Phi) is 11.3. The van der Waals surface area contributed by atoms with Crippen molar-refractivity contribution in [1.29, 1.82) is 0 Å². The van der Waals surface area contributed by atoms with Crippen molar-refractivity contribution in [3.63, 3.8) is 0 Å². The minimum Gasteiger partial charge on any atom is -0.442 e. The summed E-state index contributed by atoms with van der Waals surface area (Å²) in [5.74, 6) is -1.11. The van der Waals surface area contributed by atoms with Crippen LogP contribution in [0, 0.1) is 11.6 Å². The first kappa shape index (κ1) is 32.8. The summed E-state index contributed by atoms with van der Waals surface area (Å²) in [6.45, 7) is 9.83. The molecule has 3 atom stereocenters. The van der Waals surface area contributed by atoms with E-state index < -0.39 is 53.4 Å². The summed E-state index contributed by atoms with van der Waals surface area (Å²) in [5, 5.41) is 29.8. The molecule has 2 aromatic heterocycles. The molecule has 0 radical (unpaired) electrons. The van der Waals surface area contributed by atoms with Crippen LogP contribution in [0.5, 0.6) is 0 Å². The van der Waals surface area contributed by atoms with Gasteiger partial charge in [0.15, 0.2) is 6.29 Å². The number of hydroxylamine groups is 4. The van der Waals surface area contributed by atoms with Crippen LogP contribution in [0.3, 0.4) is 0 Å². The highest BCUT2D eigenvalue weighted by Crippen LogP contribution is 2.34. The Morgan fingerprint density at radius 1 is 1.05 bits per heavy atom. The second-order valence-electron chi connectivity index (χ2n) is 10.8. The molecule has 0 saturated carbocycles. The van der Waals surface area contributed by atoms with Gasteiger partial charge in [0, 0.05) is 25.4 Å². The Balaban J connectivity index is 0.000000280. The number of aromatic nitrogens is 2. The Morgan fingerprint density at radius 3 is 2.15 bits per heavy atom. The van der Waals surface area contributed by atoms with Crippen LogP contribution in [0.4, 0.5) is 18.4 Å². The van der Waals surface area contributed by atoms with E-state index >= 15 is 0 Å². The molecule has 40 heavy (non-hydrogen) atoms. The van der Waals surface area contributed by atoms with E-state index in [0.29, 0.717) is 10.6 Å². The highest BCUT2D eigenvalue weighted by molar-refractivity contribution is 5.68. The predicted molar refractivity (Wildman–Crippen MR) is 135 cm³/mol. The highest BCUT2D eigenvalue weighted by Gasteiger charge is 2.39. The van der Waals surface area contributed by atoms with Gasteiger partial charge in [-0.25, -0.2) is 23.2 Å². The van der Waals surface area contributed by atoms with Crippen molar-refractivity contribution < 1.29 is 48.1 Å². The van der Waals surface area contributed by atoms with Gasteiger partial charge in [0.25, 0.3) is 0 Å². The van der Waals surface area contributed by atoms with E-state index in [2.05, 4.69) is 9.97 Å². The van der Waals surface area contributed by atoms with Crippen LogP contribution in [0.15, 0.2) is 36.9 Å². The van der Waals surface area contributed by atoms with E-state index in [-0.39, 0.29) is 25.0 Å². The summed E-state index contributed by atoms with van der Waals surface area (Å²) in [6.07, 6.45) is 2.12. The standard InChI is InChI=1S/C13H17FN2O4.C13H19FN2O4/c1-13(2,3)19-12(18)16-10(5-11(17)20-16)8-4-9(14)7-15-6-8;1-13(2,3)20-12(18)16(19)11(4-5-17)9-6-10(14)8-15-7-9/h4,6-7,10-11,17H,5H2,1-3H3;6-8,11,17,19H,4-5H2,1-3H3. The molecule has 3 N–H and O–H groups in total. The summed E-state index contributed by atoms with van der Waals surface area (Å²) in [6, 6.07) is 0.818. The van der Waals surface area contributed by atoms with Crippen LogP contribution in [-0.4, -0.2) is 71.8 Å². The zero-order valence-electron chi connectivity index (χ0n) is 23.2. The van der Waals surface area contributed by atoms with Gasteiger partial charge in [0.2, 0.25) is 0 Å². The van der Waals surface area contributed by atoms with Crippen molar-refractivity contribution >= 4 is 12.2 Å². The van der Waals surface area contributed by atoms with Gasteiger partial charge in [-0.15, -0.1) is 0 Å². The molecule has 12 nitrogen and oxygen atoms in total. The summed E-state index contributed by atoms with van der Waals surface area (Å²) in [4.78, 5) is 36.2. The Hall–Kier alpha value is -3.46. The number of hydrogen-bond acceptors (Lipinski definition) is 10. The number of hydrogen-bond donors (Lipinski definition) is 3. The van der Waals surface area contributed by atoms with Crippen molar-refractivity contribution in [1.82, 2.24) is 20.1 Å². The Morgan fingerprint density at radius 2 is 1.62 bits per heavy atom. The van der Waals surface area contributed by atoms with Crippen molar-refractivity contribution in [3.8, 4) is 0 Å². The zero-order chi connectivity index (χ0) is 30.3. The molecule has 222 valence electrons. The third-order valence-corrected chi connectivity index (χ3v) is 5.02. The number of ether oxygens (including phenoxy) is 2. The minimum atomic E-state index is -1.14. The van der Waals surface area contributed by atoms with E-state index in [1.807, 2.05) is 0 Å². The molecular weight excluding hydrogens is 534 g/mol. The lowest BCUT2D eigenvalue weighted by molar-refractivity contribution is -0.207. The maximum Gasteiger partial charge on any atom is 0.435 e. The first-order chi connectivity index (χ1) is 18.5. The normalized spacial score (nSPS) is 17.9. The van der Waals surface area contributed by atoms with Crippen LogP contribution < -0.4 is 0 Å². The number of rotatable bonds is 5. The van der Waals surface area contributed by atoms with Crippen LogP contribution in [0.2, 0.25) is 0 Å². The lowest BCUT2D eigenvalue weighted by Crippen LogP contribution is -2.37. The van der Waals surface area contributed by atoms with Gasteiger partial charge >= 0.3 is 12.2 Å². The summed E-state index contributed by atoms with van der Waals surface area (Å²) in [7, 11) is 0. The third-order valence-electron chi connectivity index (χ3n) is 5.02. The van der Waals surface area contributed by atoms with Gasteiger partial charge in [-0.2, -0.15) is 10.1 Å². The Bertz CT molecular complexity index is 1100. The lowest BCUT2D eigenvalue weighted by atomic mass is 10.1. The monoisotopic (exact) mass is 570 g/mol. The molecule has 0 aliphatic carbocycles. The maximum atomic E-state index is 13.2. The van der Waals surface area contributed by atoms with E-state index in [4.69, 9.17) is 19.4 Å². The first-order valence-electron chi connectivity index (χ1n) is 12.4. The molecule has 1 saturated heterocycles. The predicted octanol–water partition coefficient (Wildman–Crippen LogP) is 4.42. The number of carbonyl (C=O) groups is 2. The highest BCUT2D eigenvalue weighted by atomic mass is 19.1. The fourth-order valence-electron chi connectivity index (χ4n) is 3.49. The van der Waals surface area contributed by atoms with Gasteiger partial charge in [-0.1, -0.05) is 0 Å². The molecule has 3 rings (SSSR count). The number of carbonyl (C=O) groups excluding carboxylic acids is 2. The van der Waals surface area contributed by atoms with E-state index in [1.165, 1.54) is 18.5 Å². The number of nitrogens with zero attached hydrogens (tertiary/aromatic N) is 4. The quantitative estimate of drug-likeness (QED) is 0.347. The number of aliphatic hydroxyl groups is 2. The van der Waals surface area contributed by atoms with Gasteiger partial charge in [0.05, 0.1) is 24.5 Å². The molecule has 1 aliphatic heterocycles. The molecule has 0 aromatic carbocycles. The van der Waals surface area contributed by atoms with Crippen LogP contribution >= 0.6 is 0 Å². The van der Waals surface area contributed by atoms with Crippen molar-refractivity contribution in [3.05, 3.63) is 59.7 Å². The molecule has 3 unspecified atom stereocenters. The average Bonchev–Trinajstić information content (AvgIpc) is 3.22. The zero-order valence-corrected chi connectivity index (χ0v) is 23.2. The maximum absolute atomic E-state index is 13.2. The number of amides is 2.